The van der Waals surface area contributed by atoms with Crippen molar-refractivity contribution >= 4 is 21.7 Å². The third-order valence-electron chi connectivity index (χ3n) is 5.86. The Bertz CT molecular complexity index is 759. The van der Waals surface area contributed by atoms with Gasteiger partial charge in [-0.1, -0.05) is 32.1 Å². The Hall–Kier alpha value is -1.67. The molecule has 1 saturated heterocycles. The Morgan fingerprint density at radius 3 is 2.64 bits per heavy atom. The molecule has 1 fully saturated rings. The van der Waals surface area contributed by atoms with E-state index in [1.54, 1.807) is 6.08 Å². The number of carbonyl (C=O) groups excluding carboxylic acids is 2. The minimum absolute atomic E-state index is 0.00551. The highest BCUT2D eigenvalue weighted by molar-refractivity contribution is 7.94. The van der Waals surface area contributed by atoms with Gasteiger partial charge in [-0.05, 0) is 37.5 Å². The van der Waals surface area contributed by atoms with E-state index in [2.05, 4.69) is 28.1 Å². The van der Waals surface area contributed by atoms with Crippen LogP contribution in [0.1, 0.15) is 46.0 Å². The molecule has 2 amide bonds. The number of rotatable bonds is 6. The molecule has 156 valence electrons. The summed E-state index contributed by atoms with van der Waals surface area (Å²) in [4.78, 5) is 25.0. The summed E-state index contributed by atoms with van der Waals surface area (Å²) in [5, 5.41) is 10.6. The summed E-state index contributed by atoms with van der Waals surface area (Å²) in [5.41, 5.74) is 0. The molecule has 28 heavy (non-hydrogen) atoms. The summed E-state index contributed by atoms with van der Waals surface area (Å²) in [6.45, 7) is 3.88. The summed E-state index contributed by atoms with van der Waals surface area (Å²) in [7, 11) is -3.18. The Morgan fingerprint density at radius 2 is 2.04 bits per heavy atom. The number of allylic oxidation sites excluding steroid dienone is 2. The lowest BCUT2D eigenvalue weighted by Gasteiger charge is -2.39. The van der Waals surface area contributed by atoms with Crippen molar-refractivity contribution in [3.63, 3.8) is 0 Å². The van der Waals surface area contributed by atoms with Crippen LogP contribution in [0.25, 0.3) is 0 Å². The fraction of sp³-hybridized carbons (Fsp3) is 0.700. The fourth-order valence-electron chi connectivity index (χ4n) is 4.33. The third-order valence-corrected chi connectivity index (χ3v) is 7.26. The summed E-state index contributed by atoms with van der Waals surface area (Å²) in [6.07, 6.45) is 9.87. The topological polar surface area (TPSA) is 104 Å². The molecule has 2 heterocycles. The molecule has 3 rings (SSSR count). The Morgan fingerprint density at radius 1 is 1.25 bits per heavy atom. The maximum absolute atomic E-state index is 13.0. The van der Waals surface area contributed by atoms with Gasteiger partial charge in [-0.15, -0.1) is 0 Å². The minimum atomic E-state index is -3.18. The van der Waals surface area contributed by atoms with Gasteiger partial charge < -0.3 is 10.6 Å². The molecule has 0 bridgehead atoms. The van der Waals surface area contributed by atoms with Gasteiger partial charge in [0.25, 0.3) is 0 Å². The first-order valence-corrected chi connectivity index (χ1v) is 11.9. The monoisotopic (exact) mass is 409 g/mol. The molecule has 0 saturated carbocycles. The standard InChI is InChI=1S/C20H31N3O4S/c1-13(2)18(21-15-10-11-28(26,27)12-15)20(25)22-16-8-9-17(24)23-19(16)14-6-4-3-5-7-14/h3-4,10-11,13-16,18-19,21H,5-9,12H2,1-2H3,(H,22,25)(H,23,24)/t14?,15?,16-,18?,19+/m1/s1. The van der Waals surface area contributed by atoms with Crippen molar-refractivity contribution in [1.82, 2.24) is 16.0 Å². The molecule has 3 unspecified atom stereocenters. The highest BCUT2D eigenvalue weighted by Gasteiger charge is 2.37. The van der Waals surface area contributed by atoms with Gasteiger partial charge in [-0.3, -0.25) is 14.9 Å². The average Bonchev–Trinajstić information content (AvgIpc) is 3.00. The summed E-state index contributed by atoms with van der Waals surface area (Å²) in [5.74, 6) is 0.231. The van der Waals surface area contributed by atoms with E-state index in [-0.39, 0.29) is 41.6 Å². The van der Waals surface area contributed by atoms with Crippen molar-refractivity contribution < 1.29 is 18.0 Å². The summed E-state index contributed by atoms with van der Waals surface area (Å²) in [6, 6.07) is -1.01. The van der Waals surface area contributed by atoms with E-state index in [1.807, 2.05) is 13.8 Å². The van der Waals surface area contributed by atoms with Gasteiger partial charge in [-0.2, -0.15) is 0 Å². The van der Waals surface area contributed by atoms with Crippen LogP contribution in [0.2, 0.25) is 0 Å². The van der Waals surface area contributed by atoms with E-state index >= 15 is 0 Å². The van der Waals surface area contributed by atoms with Gasteiger partial charge in [-0.25, -0.2) is 8.42 Å². The SMILES string of the molecule is CC(C)C(NC1C=CS(=O)(=O)C1)C(=O)N[C@@H]1CCC(=O)N[C@H]1C1CC=CCC1. The molecule has 8 heteroatoms. The van der Waals surface area contributed by atoms with E-state index in [0.717, 1.165) is 19.3 Å². The van der Waals surface area contributed by atoms with Crippen molar-refractivity contribution in [2.45, 2.75) is 70.1 Å². The van der Waals surface area contributed by atoms with Crippen LogP contribution in [0.5, 0.6) is 0 Å². The Labute approximate surface area is 167 Å². The molecular weight excluding hydrogens is 378 g/mol. The van der Waals surface area contributed by atoms with Gasteiger partial charge >= 0.3 is 0 Å². The molecule has 0 radical (unpaired) electrons. The lowest BCUT2D eigenvalue weighted by atomic mass is 9.80. The number of sulfone groups is 1. The smallest absolute Gasteiger partial charge is 0.237 e. The molecular formula is C20H31N3O4S. The van der Waals surface area contributed by atoms with Crippen LogP contribution in [0.15, 0.2) is 23.6 Å². The van der Waals surface area contributed by atoms with E-state index in [0.29, 0.717) is 18.8 Å². The normalized spacial score (nSPS) is 32.9. The second-order valence-corrected chi connectivity index (χ2v) is 10.4. The van der Waals surface area contributed by atoms with E-state index in [9.17, 15) is 18.0 Å². The maximum atomic E-state index is 13.0. The van der Waals surface area contributed by atoms with Gasteiger partial charge in [0.2, 0.25) is 11.8 Å². The first kappa shape index (κ1) is 21.0. The minimum Gasteiger partial charge on any atom is -0.351 e. The summed E-state index contributed by atoms with van der Waals surface area (Å²) >= 11 is 0. The number of hydrogen-bond acceptors (Lipinski definition) is 5. The number of piperidine rings is 1. The van der Waals surface area contributed by atoms with Crippen molar-refractivity contribution in [1.29, 1.82) is 0 Å². The maximum Gasteiger partial charge on any atom is 0.237 e. The number of nitrogens with one attached hydrogen (secondary N) is 3. The van der Waals surface area contributed by atoms with Crippen LogP contribution in [0, 0.1) is 11.8 Å². The molecule has 2 aliphatic heterocycles. The van der Waals surface area contributed by atoms with Crippen molar-refractivity contribution in [3.05, 3.63) is 23.6 Å². The molecule has 0 aromatic heterocycles. The van der Waals surface area contributed by atoms with Gasteiger partial charge in [0.1, 0.15) is 0 Å². The highest BCUT2D eigenvalue weighted by Crippen LogP contribution is 2.27. The van der Waals surface area contributed by atoms with Crippen LogP contribution in [0.3, 0.4) is 0 Å². The molecule has 3 N–H and O–H groups in total. The molecule has 0 aromatic carbocycles. The number of amides is 2. The van der Waals surface area contributed by atoms with E-state index in [4.69, 9.17) is 0 Å². The first-order valence-electron chi connectivity index (χ1n) is 10.2. The van der Waals surface area contributed by atoms with Crippen LogP contribution in [0.4, 0.5) is 0 Å². The zero-order valence-electron chi connectivity index (χ0n) is 16.6. The molecule has 1 aliphatic carbocycles. The number of carbonyl (C=O) groups is 2. The predicted octanol–water partition coefficient (Wildman–Crippen LogP) is 1.03. The average molecular weight is 410 g/mol. The third kappa shape index (κ3) is 5.23. The second kappa shape index (κ2) is 8.78. The van der Waals surface area contributed by atoms with Crippen LogP contribution in [-0.2, 0) is 19.4 Å². The van der Waals surface area contributed by atoms with Crippen LogP contribution in [-0.4, -0.2) is 50.2 Å². The zero-order chi connectivity index (χ0) is 20.3. The lowest BCUT2D eigenvalue weighted by Crippen LogP contribution is -2.61. The Balaban J connectivity index is 1.66. The van der Waals surface area contributed by atoms with Gasteiger partial charge in [0.05, 0.1) is 17.8 Å². The molecule has 0 spiro atoms. The quantitative estimate of drug-likeness (QED) is 0.569. The van der Waals surface area contributed by atoms with Crippen LogP contribution < -0.4 is 16.0 Å². The summed E-state index contributed by atoms with van der Waals surface area (Å²) < 4.78 is 23.3. The highest BCUT2D eigenvalue weighted by atomic mass is 32.2. The fourth-order valence-corrected chi connectivity index (χ4v) is 5.58. The van der Waals surface area contributed by atoms with Crippen molar-refractivity contribution in [2.75, 3.05) is 5.75 Å². The predicted molar refractivity (Wildman–Crippen MR) is 108 cm³/mol. The zero-order valence-corrected chi connectivity index (χ0v) is 17.4. The van der Waals surface area contributed by atoms with Gasteiger partial charge in [0, 0.05) is 23.9 Å². The molecule has 5 atom stereocenters. The largest absolute Gasteiger partial charge is 0.351 e. The molecule has 0 aromatic rings. The second-order valence-electron chi connectivity index (χ2n) is 8.44. The van der Waals surface area contributed by atoms with E-state index in [1.165, 1.54) is 5.41 Å². The van der Waals surface area contributed by atoms with Crippen LogP contribution >= 0.6 is 0 Å². The lowest BCUT2D eigenvalue weighted by molar-refractivity contribution is -0.129. The van der Waals surface area contributed by atoms with Crippen molar-refractivity contribution in [3.8, 4) is 0 Å². The van der Waals surface area contributed by atoms with Crippen molar-refractivity contribution in [2.24, 2.45) is 11.8 Å². The number of hydrogen-bond donors (Lipinski definition) is 3. The van der Waals surface area contributed by atoms with Gasteiger partial charge in [0.15, 0.2) is 9.84 Å². The first-order chi connectivity index (χ1) is 13.2. The molecule has 3 aliphatic rings. The Kier molecular flexibility index (Phi) is 6.60. The van der Waals surface area contributed by atoms with E-state index < -0.39 is 15.9 Å². The molecule has 7 nitrogen and oxygen atoms in total.